The Morgan fingerprint density at radius 3 is 3.00 bits per heavy atom. The molecular weight excluding hydrogens is 170 g/mol. The molecule has 74 valence electrons. The molecule has 13 heavy (non-hydrogen) atoms. The van der Waals surface area contributed by atoms with E-state index >= 15 is 0 Å². The predicted molar refractivity (Wildman–Crippen MR) is 48.4 cm³/mol. The van der Waals surface area contributed by atoms with Crippen molar-refractivity contribution in [2.24, 2.45) is 5.11 Å². The molecule has 1 saturated heterocycles. The van der Waals surface area contributed by atoms with Crippen LogP contribution in [0.25, 0.3) is 10.4 Å². The summed E-state index contributed by atoms with van der Waals surface area (Å²) in [5, 5.41) is 3.56. The predicted octanol–water partition coefficient (Wildman–Crippen LogP) is 1.88. The number of hydrogen-bond donors (Lipinski definition) is 0. The standard InChI is InChI=1S/C8H15N3O2/c1-12-7-8(6-10-11-9)4-2-3-5-13-8/h2-7H2,1H3. The van der Waals surface area contributed by atoms with Gasteiger partial charge in [0, 0.05) is 18.6 Å². The average molecular weight is 185 g/mol. The molecule has 1 atom stereocenters. The molecule has 0 saturated carbocycles. The van der Waals surface area contributed by atoms with Crippen molar-refractivity contribution in [3.8, 4) is 0 Å². The number of hydrogen-bond acceptors (Lipinski definition) is 3. The summed E-state index contributed by atoms with van der Waals surface area (Å²) >= 11 is 0. The van der Waals surface area contributed by atoms with Gasteiger partial charge in [0.15, 0.2) is 0 Å². The lowest BCUT2D eigenvalue weighted by atomic mass is 9.95. The smallest absolute Gasteiger partial charge is 0.0970 e. The van der Waals surface area contributed by atoms with Gasteiger partial charge >= 0.3 is 0 Å². The molecule has 1 aliphatic heterocycles. The average Bonchev–Trinajstić information content (AvgIpc) is 2.17. The van der Waals surface area contributed by atoms with E-state index in [0.717, 1.165) is 25.9 Å². The molecule has 5 heteroatoms. The second kappa shape index (κ2) is 5.07. The van der Waals surface area contributed by atoms with Gasteiger partial charge in [-0.05, 0) is 24.8 Å². The van der Waals surface area contributed by atoms with Gasteiger partial charge < -0.3 is 9.47 Å². The Balaban J connectivity index is 2.54. The third-order valence-corrected chi connectivity index (χ3v) is 2.26. The van der Waals surface area contributed by atoms with Crippen molar-refractivity contribution in [3.05, 3.63) is 10.4 Å². The molecule has 5 nitrogen and oxygen atoms in total. The van der Waals surface area contributed by atoms with E-state index in [4.69, 9.17) is 15.0 Å². The van der Waals surface area contributed by atoms with Crippen molar-refractivity contribution in [2.75, 3.05) is 26.9 Å². The number of rotatable bonds is 4. The van der Waals surface area contributed by atoms with E-state index < -0.39 is 0 Å². The van der Waals surface area contributed by atoms with Crippen LogP contribution in [-0.2, 0) is 9.47 Å². The highest BCUT2D eigenvalue weighted by Crippen LogP contribution is 2.25. The molecule has 0 amide bonds. The number of nitrogens with zero attached hydrogens (tertiary/aromatic N) is 3. The summed E-state index contributed by atoms with van der Waals surface area (Å²) in [5.74, 6) is 0. The second-order valence-corrected chi connectivity index (χ2v) is 3.31. The van der Waals surface area contributed by atoms with Gasteiger partial charge in [0.2, 0.25) is 0 Å². The summed E-state index contributed by atoms with van der Waals surface area (Å²) < 4.78 is 10.7. The molecule has 0 aromatic carbocycles. The van der Waals surface area contributed by atoms with Crippen LogP contribution < -0.4 is 0 Å². The first-order chi connectivity index (χ1) is 6.33. The third-order valence-electron chi connectivity index (χ3n) is 2.26. The highest BCUT2D eigenvalue weighted by Gasteiger charge is 2.32. The fraction of sp³-hybridized carbons (Fsp3) is 1.00. The van der Waals surface area contributed by atoms with E-state index in [1.807, 2.05) is 0 Å². The molecule has 0 aromatic heterocycles. The van der Waals surface area contributed by atoms with E-state index in [2.05, 4.69) is 10.0 Å². The molecule has 1 heterocycles. The zero-order valence-electron chi connectivity index (χ0n) is 7.90. The van der Waals surface area contributed by atoms with Crippen LogP contribution in [0.2, 0.25) is 0 Å². The number of azide groups is 1. The van der Waals surface area contributed by atoms with Gasteiger partial charge in [0.25, 0.3) is 0 Å². The van der Waals surface area contributed by atoms with E-state index in [0.29, 0.717) is 13.2 Å². The molecule has 0 bridgehead atoms. The highest BCUT2D eigenvalue weighted by atomic mass is 16.5. The Bertz CT molecular complexity index is 190. The largest absolute Gasteiger partial charge is 0.382 e. The number of methoxy groups -OCH3 is 1. The van der Waals surface area contributed by atoms with Crippen molar-refractivity contribution in [1.29, 1.82) is 0 Å². The van der Waals surface area contributed by atoms with E-state index in [9.17, 15) is 0 Å². The van der Waals surface area contributed by atoms with Gasteiger partial charge in [-0.25, -0.2) is 0 Å². The summed E-state index contributed by atoms with van der Waals surface area (Å²) in [6, 6.07) is 0. The topological polar surface area (TPSA) is 67.2 Å². The minimum Gasteiger partial charge on any atom is -0.382 e. The minimum absolute atomic E-state index is 0.362. The van der Waals surface area contributed by atoms with Gasteiger partial charge in [0.1, 0.15) is 0 Å². The first-order valence-corrected chi connectivity index (χ1v) is 4.47. The fourth-order valence-corrected chi connectivity index (χ4v) is 1.62. The summed E-state index contributed by atoms with van der Waals surface area (Å²) in [6.07, 6.45) is 3.12. The Kier molecular flexibility index (Phi) is 4.02. The van der Waals surface area contributed by atoms with Crippen molar-refractivity contribution in [2.45, 2.75) is 24.9 Å². The molecule has 0 aliphatic carbocycles. The zero-order chi connectivity index (χ0) is 9.57. The molecule has 0 radical (unpaired) electrons. The monoisotopic (exact) mass is 185 g/mol. The third kappa shape index (κ3) is 2.88. The first kappa shape index (κ1) is 10.3. The summed E-state index contributed by atoms with van der Waals surface area (Å²) in [7, 11) is 1.63. The maximum Gasteiger partial charge on any atom is 0.0970 e. The Hall–Kier alpha value is -0.770. The zero-order valence-corrected chi connectivity index (χ0v) is 7.90. The van der Waals surface area contributed by atoms with Crippen molar-refractivity contribution >= 4 is 0 Å². The van der Waals surface area contributed by atoms with Crippen LogP contribution >= 0.6 is 0 Å². The lowest BCUT2D eigenvalue weighted by Gasteiger charge is -2.35. The summed E-state index contributed by atoms with van der Waals surface area (Å²) in [5.41, 5.74) is 7.88. The summed E-state index contributed by atoms with van der Waals surface area (Å²) in [4.78, 5) is 2.75. The number of ether oxygens (including phenoxy) is 2. The molecule has 1 unspecified atom stereocenters. The summed E-state index contributed by atoms with van der Waals surface area (Å²) in [6.45, 7) is 1.62. The van der Waals surface area contributed by atoms with Gasteiger partial charge in [0.05, 0.1) is 18.8 Å². The molecule has 0 spiro atoms. The van der Waals surface area contributed by atoms with Crippen LogP contribution in [0.15, 0.2) is 5.11 Å². The Morgan fingerprint density at radius 2 is 2.46 bits per heavy atom. The van der Waals surface area contributed by atoms with Crippen LogP contribution in [-0.4, -0.2) is 32.5 Å². The second-order valence-electron chi connectivity index (χ2n) is 3.31. The van der Waals surface area contributed by atoms with Crippen LogP contribution in [0.1, 0.15) is 19.3 Å². The lowest BCUT2D eigenvalue weighted by Crippen LogP contribution is -2.43. The van der Waals surface area contributed by atoms with Crippen LogP contribution in [0.4, 0.5) is 0 Å². The van der Waals surface area contributed by atoms with Crippen molar-refractivity contribution in [1.82, 2.24) is 0 Å². The SMILES string of the molecule is COCC1(CN=[N+]=[N-])CCCCO1. The maximum atomic E-state index is 8.24. The van der Waals surface area contributed by atoms with Gasteiger partial charge in [-0.15, -0.1) is 0 Å². The van der Waals surface area contributed by atoms with E-state index in [-0.39, 0.29) is 5.60 Å². The first-order valence-electron chi connectivity index (χ1n) is 4.47. The van der Waals surface area contributed by atoms with Gasteiger partial charge in [-0.2, -0.15) is 0 Å². The normalized spacial score (nSPS) is 28.1. The van der Waals surface area contributed by atoms with E-state index in [1.165, 1.54) is 0 Å². The van der Waals surface area contributed by atoms with Crippen LogP contribution in [0.3, 0.4) is 0 Å². The highest BCUT2D eigenvalue weighted by molar-refractivity contribution is 4.85. The van der Waals surface area contributed by atoms with Crippen LogP contribution in [0.5, 0.6) is 0 Å². The quantitative estimate of drug-likeness (QED) is 0.381. The molecule has 1 aliphatic rings. The molecule has 0 aromatic rings. The van der Waals surface area contributed by atoms with Gasteiger partial charge in [-0.1, -0.05) is 5.11 Å². The molecule has 1 rings (SSSR count). The Morgan fingerprint density at radius 1 is 1.62 bits per heavy atom. The lowest BCUT2D eigenvalue weighted by molar-refractivity contribution is -0.109. The molecule has 1 fully saturated rings. The van der Waals surface area contributed by atoms with Gasteiger partial charge in [-0.3, -0.25) is 0 Å². The molecule has 0 N–H and O–H groups in total. The van der Waals surface area contributed by atoms with Crippen molar-refractivity contribution < 1.29 is 9.47 Å². The van der Waals surface area contributed by atoms with Crippen molar-refractivity contribution in [3.63, 3.8) is 0 Å². The molecular formula is C8H15N3O2. The maximum absolute atomic E-state index is 8.24. The Labute approximate surface area is 77.6 Å². The van der Waals surface area contributed by atoms with Crippen LogP contribution in [0, 0.1) is 0 Å². The minimum atomic E-state index is -0.362. The fourth-order valence-electron chi connectivity index (χ4n) is 1.62. The van der Waals surface area contributed by atoms with E-state index in [1.54, 1.807) is 7.11 Å².